The van der Waals surface area contributed by atoms with Gasteiger partial charge in [-0.3, -0.25) is 9.59 Å². The van der Waals surface area contributed by atoms with E-state index in [9.17, 15) is 14.9 Å². The van der Waals surface area contributed by atoms with Gasteiger partial charge in [0.15, 0.2) is 11.5 Å². The standard InChI is InChI=1S/C29H30N4O4/c1-4-36-27-16-22(12-13-26(27)37-19-24-10-6-5-9-23(24)17-30)18-31-33-29(35)15-14-28(34)32-25-11-7-8-20(2)21(25)3/h5-13,16,18H,4,14-15,19H2,1-3H3,(H,32,34)(H,33,35). The molecule has 3 rings (SSSR count). The number of amides is 2. The van der Waals surface area contributed by atoms with Crippen LogP contribution in [0.5, 0.6) is 11.5 Å². The molecule has 3 aromatic carbocycles. The van der Waals surface area contributed by atoms with E-state index in [-0.39, 0.29) is 31.3 Å². The Morgan fingerprint density at radius 2 is 1.76 bits per heavy atom. The number of nitriles is 1. The SMILES string of the molecule is CCOc1cc(C=NNC(=O)CCC(=O)Nc2cccc(C)c2C)ccc1OCc1ccccc1C#N. The van der Waals surface area contributed by atoms with Crippen LogP contribution in [-0.2, 0) is 16.2 Å². The van der Waals surface area contributed by atoms with E-state index in [1.807, 2.05) is 57.2 Å². The third-order valence-electron chi connectivity index (χ3n) is 5.65. The van der Waals surface area contributed by atoms with Crippen LogP contribution in [-0.4, -0.2) is 24.6 Å². The number of carbonyl (C=O) groups is 2. The van der Waals surface area contributed by atoms with Gasteiger partial charge >= 0.3 is 0 Å². The van der Waals surface area contributed by atoms with Gasteiger partial charge in [-0.15, -0.1) is 0 Å². The molecule has 0 saturated carbocycles. The number of nitrogens with one attached hydrogen (secondary N) is 2. The normalized spacial score (nSPS) is 10.5. The predicted octanol–water partition coefficient (Wildman–Crippen LogP) is 5.02. The maximum Gasteiger partial charge on any atom is 0.240 e. The van der Waals surface area contributed by atoms with Gasteiger partial charge in [-0.25, -0.2) is 5.43 Å². The number of ether oxygens (including phenoxy) is 2. The van der Waals surface area contributed by atoms with Crippen molar-refractivity contribution in [1.82, 2.24) is 5.43 Å². The van der Waals surface area contributed by atoms with Crippen molar-refractivity contribution in [2.24, 2.45) is 5.10 Å². The molecule has 190 valence electrons. The molecule has 2 N–H and O–H groups in total. The number of benzene rings is 3. The summed E-state index contributed by atoms with van der Waals surface area (Å²) in [5, 5.41) is 16.1. The Bertz CT molecular complexity index is 1330. The van der Waals surface area contributed by atoms with E-state index in [4.69, 9.17) is 9.47 Å². The summed E-state index contributed by atoms with van der Waals surface area (Å²) in [5.41, 5.74) is 7.31. The molecule has 0 atom stereocenters. The van der Waals surface area contributed by atoms with Gasteiger partial charge in [0.2, 0.25) is 11.8 Å². The molecule has 0 fully saturated rings. The molecule has 8 nitrogen and oxygen atoms in total. The van der Waals surface area contributed by atoms with E-state index in [1.165, 1.54) is 6.21 Å². The van der Waals surface area contributed by atoms with E-state index in [2.05, 4.69) is 21.9 Å². The highest BCUT2D eigenvalue weighted by molar-refractivity contribution is 5.94. The fraction of sp³-hybridized carbons (Fsp3) is 0.241. The van der Waals surface area contributed by atoms with Gasteiger partial charge in [0.25, 0.3) is 0 Å². The second kappa shape index (κ2) is 13.4. The second-order valence-electron chi connectivity index (χ2n) is 8.29. The lowest BCUT2D eigenvalue weighted by atomic mass is 10.1. The molecule has 8 heteroatoms. The first-order valence-corrected chi connectivity index (χ1v) is 12.0. The number of hydrogen-bond acceptors (Lipinski definition) is 6. The summed E-state index contributed by atoms with van der Waals surface area (Å²) in [6.07, 6.45) is 1.55. The van der Waals surface area contributed by atoms with Crippen molar-refractivity contribution in [3.63, 3.8) is 0 Å². The molecule has 3 aromatic rings. The molecule has 0 spiro atoms. The summed E-state index contributed by atoms with van der Waals surface area (Å²) in [7, 11) is 0. The zero-order valence-electron chi connectivity index (χ0n) is 21.2. The average molecular weight is 499 g/mol. The Kier molecular flexibility index (Phi) is 9.80. The molecule has 37 heavy (non-hydrogen) atoms. The van der Waals surface area contributed by atoms with Crippen molar-refractivity contribution in [3.05, 3.63) is 88.5 Å². The molecule has 0 aliphatic rings. The van der Waals surface area contributed by atoms with Crippen LogP contribution in [0.15, 0.2) is 65.8 Å². The zero-order valence-corrected chi connectivity index (χ0v) is 21.2. The van der Waals surface area contributed by atoms with Gasteiger partial charge in [0.05, 0.1) is 24.5 Å². The molecular formula is C29H30N4O4. The van der Waals surface area contributed by atoms with E-state index < -0.39 is 0 Å². The van der Waals surface area contributed by atoms with E-state index in [0.29, 0.717) is 29.2 Å². The maximum absolute atomic E-state index is 12.2. The molecule has 0 aliphatic carbocycles. The van der Waals surface area contributed by atoms with E-state index >= 15 is 0 Å². The first-order chi connectivity index (χ1) is 17.9. The first-order valence-electron chi connectivity index (χ1n) is 12.0. The minimum atomic E-state index is -0.367. The average Bonchev–Trinajstić information content (AvgIpc) is 2.90. The number of anilines is 1. The molecule has 0 aliphatic heterocycles. The van der Waals surface area contributed by atoms with E-state index in [1.54, 1.807) is 24.3 Å². The van der Waals surface area contributed by atoms with Crippen molar-refractivity contribution in [1.29, 1.82) is 5.26 Å². The molecule has 0 aromatic heterocycles. The van der Waals surface area contributed by atoms with Crippen LogP contribution in [0, 0.1) is 25.2 Å². The summed E-state index contributed by atoms with van der Waals surface area (Å²) < 4.78 is 11.6. The Morgan fingerprint density at radius 3 is 2.54 bits per heavy atom. The van der Waals surface area contributed by atoms with Crippen molar-refractivity contribution in [3.8, 4) is 17.6 Å². The third-order valence-corrected chi connectivity index (χ3v) is 5.65. The van der Waals surface area contributed by atoms with Crippen molar-refractivity contribution in [2.75, 3.05) is 11.9 Å². The molecule has 0 unspecified atom stereocenters. The number of hydrazone groups is 1. The maximum atomic E-state index is 12.2. The highest BCUT2D eigenvalue weighted by atomic mass is 16.5. The van der Waals surface area contributed by atoms with Crippen molar-refractivity contribution < 1.29 is 19.1 Å². The van der Waals surface area contributed by atoms with Crippen LogP contribution in [0.2, 0.25) is 0 Å². The monoisotopic (exact) mass is 498 g/mol. The van der Waals surface area contributed by atoms with Gasteiger partial charge in [-0.1, -0.05) is 30.3 Å². The number of rotatable bonds is 11. The lowest BCUT2D eigenvalue weighted by molar-refractivity contribution is -0.124. The highest BCUT2D eigenvalue weighted by Gasteiger charge is 2.10. The zero-order chi connectivity index (χ0) is 26.6. The molecule has 0 radical (unpaired) electrons. The molecule has 0 saturated heterocycles. The van der Waals surface area contributed by atoms with Crippen LogP contribution in [0.3, 0.4) is 0 Å². The van der Waals surface area contributed by atoms with Gasteiger partial charge < -0.3 is 14.8 Å². The van der Waals surface area contributed by atoms with Crippen molar-refractivity contribution in [2.45, 2.75) is 40.2 Å². The fourth-order valence-corrected chi connectivity index (χ4v) is 3.46. The Labute approximate surface area is 216 Å². The van der Waals surface area contributed by atoms with Gasteiger partial charge in [-0.05, 0) is 67.8 Å². The van der Waals surface area contributed by atoms with Gasteiger partial charge in [-0.2, -0.15) is 10.4 Å². The first kappa shape index (κ1) is 27.0. The van der Waals surface area contributed by atoms with Crippen LogP contribution in [0.25, 0.3) is 0 Å². The van der Waals surface area contributed by atoms with Crippen LogP contribution in [0.4, 0.5) is 5.69 Å². The Morgan fingerprint density at radius 1 is 0.973 bits per heavy atom. The number of nitrogens with zero attached hydrogens (tertiary/aromatic N) is 2. The summed E-state index contributed by atoms with van der Waals surface area (Å²) in [6, 6.07) is 20.4. The van der Waals surface area contributed by atoms with Crippen LogP contribution in [0.1, 0.15) is 47.6 Å². The summed E-state index contributed by atoms with van der Waals surface area (Å²) in [5.74, 6) is 0.455. The second-order valence-corrected chi connectivity index (χ2v) is 8.29. The largest absolute Gasteiger partial charge is 0.490 e. The van der Waals surface area contributed by atoms with Crippen LogP contribution < -0.4 is 20.2 Å². The van der Waals surface area contributed by atoms with E-state index in [0.717, 1.165) is 22.4 Å². The highest BCUT2D eigenvalue weighted by Crippen LogP contribution is 2.29. The molecule has 2 amide bonds. The van der Waals surface area contributed by atoms with Crippen LogP contribution >= 0.6 is 0 Å². The summed E-state index contributed by atoms with van der Waals surface area (Å²) in [4.78, 5) is 24.3. The molecular weight excluding hydrogens is 468 g/mol. The summed E-state index contributed by atoms with van der Waals surface area (Å²) >= 11 is 0. The summed E-state index contributed by atoms with van der Waals surface area (Å²) in [6.45, 7) is 6.45. The quantitative estimate of drug-likeness (QED) is 0.285. The third kappa shape index (κ3) is 7.94. The number of carbonyl (C=O) groups excluding carboxylic acids is 2. The number of aryl methyl sites for hydroxylation is 1. The molecule has 0 bridgehead atoms. The predicted molar refractivity (Wildman–Crippen MR) is 143 cm³/mol. The van der Waals surface area contributed by atoms with Gasteiger partial charge in [0.1, 0.15) is 6.61 Å². The minimum absolute atomic E-state index is 0.00911. The smallest absolute Gasteiger partial charge is 0.240 e. The Balaban J connectivity index is 1.52. The lowest BCUT2D eigenvalue weighted by Gasteiger charge is -2.13. The fourth-order valence-electron chi connectivity index (χ4n) is 3.46. The van der Waals surface area contributed by atoms with Crippen molar-refractivity contribution >= 4 is 23.7 Å². The Hall–Kier alpha value is -4.64. The lowest BCUT2D eigenvalue weighted by Crippen LogP contribution is -2.21. The number of hydrogen-bond donors (Lipinski definition) is 2. The topological polar surface area (TPSA) is 113 Å². The molecule has 0 heterocycles. The minimum Gasteiger partial charge on any atom is -0.490 e. The van der Waals surface area contributed by atoms with Gasteiger partial charge in [0, 0.05) is 24.1 Å².